The molecule has 0 radical (unpaired) electrons. The lowest BCUT2D eigenvalue weighted by Gasteiger charge is -2.27. The molecule has 4 nitrogen and oxygen atoms in total. The van der Waals surface area contributed by atoms with Gasteiger partial charge in [-0.2, -0.15) is 4.57 Å². The summed E-state index contributed by atoms with van der Waals surface area (Å²) >= 11 is 0. The van der Waals surface area contributed by atoms with E-state index in [-0.39, 0.29) is 0 Å². The molecule has 0 N–H and O–H groups in total. The number of ether oxygens (including phenoxy) is 2. The van der Waals surface area contributed by atoms with Crippen molar-refractivity contribution in [3.05, 3.63) is 107 Å². The Morgan fingerprint density at radius 3 is 2.07 bits per heavy atom. The van der Waals surface area contributed by atoms with Crippen LogP contribution in [0.2, 0.25) is 0 Å². The normalized spacial score (nSPS) is 15.9. The third-order valence-corrected chi connectivity index (χ3v) is 5.41. The number of rotatable bonds is 0. The summed E-state index contributed by atoms with van der Waals surface area (Å²) in [6, 6.07) is 24.5. The van der Waals surface area contributed by atoms with E-state index in [0.29, 0.717) is 5.88 Å². The first-order chi connectivity index (χ1) is 14.3. The highest BCUT2D eigenvalue weighted by Crippen LogP contribution is 2.51. The zero-order valence-electron chi connectivity index (χ0n) is 15.8. The summed E-state index contributed by atoms with van der Waals surface area (Å²) in [4.78, 5) is 4.50. The summed E-state index contributed by atoms with van der Waals surface area (Å²) < 4.78 is 14.4. The molecular formula is C25H17N2O2+. The molecule has 0 amide bonds. The van der Waals surface area contributed by atoms with Gasteiger partial charge in [0.2, 0.25) is 5.88 Å². The molecule has 2 aliphatic heterocycles. The number of aromatic nitrogens is 2. The molecule has 6 rings (SSSR count). The van der Waals surface area contributed by atoms with Crippen LogP contribution in [0.15, 0.2) is 85.2 Å². The van der Waals surface area contributed by atoms with Crippen molar-refractivity contribution < 1.29 is 14.0 Å². The fourth-order valence-corrected chi connectivity index (χ4v) is 4.14. The average molecular weight is 377 g/mol. The van der Waals surface area contributed by atoms with Gasteiger partial charge in [-0.05, 0) is 30.3 Å². The Morgan fingerprint density at radius 1 is 0.655 bits per heavy atom. The highest BCUT2D eigenvalue weighted by molar-refractivity contribution is 6.09. The Morgan fingerprint density at radius 2 is 1.28 bits per heavy atom. The Hall–Kier alpha value is -3.92. The van der Waals surface area contributed by atoms with E-state index in [0.717, 1.165) is 50.8 Å². The summed E-state index contributed by atoms with van der Waals surface area (Å²) in [7, 11) is 2.00. The standard InChI is InChI=1S/C25H17N2O2/c1-27-15-7-11-19-23(17-9-3-5-13-21(17)29-25(19)27)22-16-8-2-4-12-20(16)28-24-18(22)10-6-14-26-24/h2-15H,1H3/q+1/b23-22-. The van der Waals surface area contributed by atoms with Gasteiger partial charge >= 0.3 is 5.88 Å². The van der Waals surface area contributed by atoms with Gasteiger partial charge in [-0.1, -0.05) is 36.4 Å². The SMILES string of the molecule is C[n+]1cccc2c1Oc1ccccc1/C2=C1\c2ccccc2Oc2ncccc21. The summed E-state index contributed by atoms with van der Waals surface area (Å²) in [6.45, 7) is 0. The van der Waals surface area contributed by atoms with Crippen LogP contribution in [0.5, 0.6) is 23.3 Å². The highest BCUT2D eigenvalue weighted by Gasteiger charge is 2.34. The molecule has 138 valence electrons. The Balaban J connectivity index is 1.80. The molecule has 4 heteroatoms. The first-order valence-corrected chi connectivity index (χ1v) is 9.54. The van der Waals surface area contributed by atoms with Gasteiger partial charge in [0.1, 0.15) is 18.5 Å². The van der Waals surface area contributed by atoms with Gasteiger partial charge in [-0.15, -0.1) is 0 Å². The summed E-state index contributed by atoms with van der Waals surface area (Å²) in [6.07, 6.45) is 3.77. The third kappa shape index (κ3) is 2.32. The van der Waals surface area contributed by atoms with E-state index in [2.05, 4.69) is 29.2 Å². The van der Waals surface area contributed by atoms with Crippen molar-refractivity contribution in [1.82, 2.24) is 4.98 Å². The predicted octanol–water partition coefficient (Wildman–Crippen LogP) is 5.12. The van der Waals surface area contributed by atoms with Gasteiger partial charge in [0.15, 0.2) is 6.20 Å². The van der Waals surface area contributed by atoms with Crippen molar-refractivity contribution in [2.24, 2.45) is 7.05 Å². The number of nitrogens with zero attached hydrogens (tertiary/aromatic N) is 2. The molecule has 0 atom stereocenters. The second-order valence-corrected chi connectivity index (χ2v) is 7.14. The molecule has 0 unspecified atom stereocenters. The summed E-state index contributed by atoms with van der Waals surface area (Å²) in [5, 5.41) is 0. The molecule has 4 heterocycles. The van der Waals surface area contributed by atoms with Crippen LogP contribution in [-0.2, 0) is 7.05 Å². The zero-order valence-corrected chi connectivity index (χ0v) is 15.8. The Kier molecular flexibility index (Phi) is 3.35. The van der Waals surface area contributed by atoms with E-state index in [1.54, 1.807) is 6.20 Å². The van der Waals surface area contributed by atoms with Crippen LogP contribution in [0.1, 0.15) is 22.3 Å². The molecule has 0 aliphatic carbocycles. The van der Waals surface area contributed by atoms with Crippen LogP contribution in [0, 0.1) is 0 Å². The van der Waals surface area contributed by atoms with Gasteiger partial charge in [-0.3, -0.25) is 0 Å². The topological polar surface area (TPSA) is 35.2 Å². The van der Waals surface area contributed by atoms with Gasteiger partial charge in [0.05, 0.1) is 5.56 Å². The van der Waals surface area contributed by atoms with Crippen molar-refractivity contribution in [2.45, 2.75) is 0 Å². The zero-order chi connectivity index (χ0) is 19.4. The lowest BCUT2D eigenvalue weighted by atomic mass is 9.84. The highest BCUT2D eigenvalue weighted by atomic mass is 16.5. The Labute approximate surface area is 168 Å². The molecule has 0 saturated heterocycles. The quantitative estimate of drug-likeness (QED) is 0.345. The number of aryl methyl sites for hydroxylation is 1. The lowest BCUT2D eigenvalue weighted by molar-refractivity contribution is -0.676. The van der Waals surface area contributed by atoms with E-state index < -0.39 is 0 Å². The molecule has 0 saturated carbocycles. The second kappa shape index (κ2) is 6.04. The first-order valence-electron chi connectivity index (χ1n) is 9.54. The summed E-state index contributed by atoms with van der Waals surface area (Å²) in [5.41, 5.74) is 6.39. The van der Waals surface area contributed by atoms with Gasteiger partial charge in [0.25, 0.3) is 0 Å². The van der Waals surface area contributed by atoms with Crippen molar-refractivity contribution >= 4 is 11.1 Å². The monoisotopic (exact) mass is 377 g/mol. The predicted molar refractivity (Wildman–Crippen MR) is 110 cm³/mol. The van der Waals surface area contributed by atoms with Crippen molar-refractivity contribution in [1.29, 1.82) is 0 Å². The van der Waals surface area contributed by atoms with E-state index in [9.17, 15) is 0 Å². The second-order valence-electron chi connectivity index (χ2n) is 7.14. The van der Waals surface area contributed by atoms with E-state index in [1.165, 1.54) is 0 Å². The molecule has 0 fully saturated rings. The van der Waals surface area contributed by atoms with Crippen molar-refractivity contribution in [3.8, 4) is 23.3 Å². The van der Waals surface area contributed by atoms with E-state index in [4.69, 9.17) is 9.47 Å². The van der Waals surface area contributed by atoms with Crippen LogP contribution in [0.4, 0.5) is 0 Å². The molecule has 0 bridgehead atoms. The lowest BCUT2D eigenvalue weighted by Crippen LogP contribution is -2.31. The minimum atomic E-state index is 0.625. The summed E-state index contributed by atoms with van der Waals surface area (Å²) in [5.74, 6) is 3.10. The van der Waals surface area contributed by atoms with Crippen LogP contribution in [-0.4, -0.2) is 4.98 Å². The van der Waals surface area contributed by atoms with Crippen LogP contribution >= 0.6 is 0 Å². The maximum atomic E-state index is 6.29. The molecular weight excluding hydrogens is 360 g/mol. The molecule has 0 spiro atoms. The van der Waals surface area contributed by atoms with E-state index >= 15 is 0 Å². The number of benzene rings is 2. The van der Waals surface area contributed by atoms with Gasteiger partial charge < -0.3 is 9.47 Å². The minimum absolute atomic E-state index is 0.625. The van der Waals surface area contributed by atoms with Crippen molar-refractivity contribution in [3.63, 3.8) is 0 Å². The number of hydrogen-bond acceptors (Lipinski definition) is 3. The smallest absolute Gasteiger partial charge is 0.381 e. The molecule has 2 aliphatic rings. The van der Waals surface area contributed by atoms with Gasteiger partial charge in [0, 0.05) is 40.1 Å². The Bertz CT molecular complexity index is 1280. The third-order valence-electron chi connectivity index (χ3n) is 5.41. The van der Waals surface area contributed by atoms with Crippen LogP contribution in [0.25, 0.3) is 11.1 Å². The van der Waals surface area contributed by atoms with E-state index in [1.807, 2.05) is 66.3 Å². The minimum Gasteiger partial charge on any atom is -0.438 e. The molecule has 2 aromatic carbocycles. The fourth-order valence-electron chi connectivity index (χ4n) is 4.14. The number of pyridine rings is 2. The maximum absolute atomic E-state index is 6.29. The number of fused-ring (bicyclic) bond motifs is 4. The molecule has 4 aromatic rings. The van der Waals surface area contributed by atoms with Crippen LogP contribution in [0.3, 0.4) is 0 Å². The van der Waals surface area contributed by atoms with Crippen LogP contribution < -0.4 is 14.0 Å². The average Bonchev–Trinajstić information content (AvgIpc) is 2.77. The maximum Gasteiger partial charge on any atom is 0.381 e. The van der Waals surface area contributed by atoms with Crippen molar-refractivity contribution in [2.75, 3.05) is 0 Å². The molecule has 29 heavy (non-hydrogen) atoms. The number of para-hydroxylation sites is 2. The molecule has 2 aromatic heterocycles. The largest absolute Gasteiger partial charge is 0.438 e. The first kappa shape index (κ1) is 16.1. The fraction of sp³-hybridized carbons (Fsp3) is 0.0400. The van der Waals surface area contributed by atoms with Gasteiger partial charge in [-0.25, -0.2) is 4.98 Å². The number of hydrogen-bond donors (Lipinski definition) is 0.